The summed E-state index contributed by atoms with van der Waals surface area (Å²) >= 11 is 0. The molecular weight excluding hydrogens is 419 g/mol. The molecule has 164 valence electrons. The fraction of sp³-hybridized carbons (Fsp3) is 0.273. The van der Waals surface area contributed by atoms with E-state index in [4.69, 9.17) is 4.74 Å². The van der Waals surface area contributed by atoms with Crippen LogP contribution in [0.5, 0.6) is 5.75 Å². The van der Waals surface area contributed by atoms with E-state index in [1.165, 1.54) is 35.3 Å². The quantitative estimate of drug-likeness (QED) is 0.536. The van der Waals surface area contributed by atoms with Crippen molar-refractivity contribution in [3.8, 4) is 11.4 Å². The van der Waals surface area contributed by atoms with Crippen molar-refractivity contribution >= 4 is 17.7 Å². The minimum absolute atomic E-state index is 0.0771. The fourth-order valence-corrected chi connectivity index (χ4v) is 4.33. The van der Waals surface area contributed by atoms with Crippen LogP contribution in [-0.2, 0) is 15.1 Å². The van der Waals surface area contributed by atoms with Crippen LogP contribution < -0.4 is 5.32 Å². The Morgan fingerprint density at radius 1 is 1.19 bits per heavy atom. The number of phenolic OH excluding ortho intramolecular Hbond substituents is 1. The highest BCUT2D eigenvalue weighted by Crippen LogP contribution is 2.49. The topological polar surface area (TPSA) is 127 Å². The lowest BCUT2D eigenvalue weighted by molar-refractivity contribution is -0.144. The van der Waals surface area contributed by atoms with Gasteiger partial charge in [-0.25, -0.2) is 13.9 Å². The van der Waals surface area contributed by atoms with Gasteiger partial charge in [0.1, 0.15) is 22.6 Å². The molecule has 3 heterocycles. The molecule has 1 aromatic carbocycles. The number of rotatable bonds is 3. The van der Waals surface area contributed by atoms with E-state index in [1.54, 1.807) is 12.3 Å². The molecule has 0 radical (unpaired) electrons. The molecule has 32 heavy (non-hydrogen) atoms. The number of fused-ring (bicyclic) bond motifs is 2. The highest BCUT2D eigenvalue weighted by molar-refractivity contribution is 5.97. The van der Waals surface area contributed by atoms with Gasteiger partial charge in [-0.15, -0.1) is 5.10 Å². The van der Waals surface area contributed by atoms with Crippen LogP contribution in [0.2, 0.25) is 0 Å². The van der Waals surface area contributed by atoms with Crippen molar-refractivity contribution in [3.63, 3.8) is 0 Å². The Kier molecular flexibility index (Phi) is 4.48. The molecule has 0 saturated heterocycles. The van der Waals surface area contributed by atoms with Gasteiger partial charge in [0.15, 0.2) is 11.6 Å². The summed E-state index contributed by atoms with van der Waals surface area (Å²) < 4.78 is 20.9. The SMILES string of the molecule is O=C1OC2(CCC(O)(C(=O)Nc3ccn(-c4ccc(O)cc4F)n3)CC2)c2cnccc21. The van der Waals surface area contributed by atoms with Crippen molar-refractivity contribution in [2.75, 3.05) is 5.32 Å². The first-order chi connectivity index (χ1) is 15.3. The third kappa shape index (κ3) is 3.19. The number of hydrogen-bond acceptors (Lipinski definition) is 7. The van der Waals surface area contributed by atoms with E-state index in [0.29, 0.717) is 11.1 Å². The number of halogens is 1. The van der Waals surface area contributed by atoms with Gasteiger partial charge in [0.05, 0.1) is 5.56 Å². The van der Waals surface area contributed by atoms with Crippen molar-refractivity contribution in [2.24, 2.45) is 0 Å². The molecule has 0 bridgehead atoms. The molecule has 1 aliphatic carbocycles. The van der Waals surface area contributed by atoms with E-state index in [2.05, 4.69) is 15.4 Å². The summed E-state index contributed by atoms with van der Waals surface area (Å²) in [5.74, 6) is -1.82. The molecule has 1 aliphatic heterocycles. The lowest BCUT2D eigenvalue weighted by Gasteiger charge is -2.40. The van der Waals surface area contributed by atoms with Crippen LogP contribution in [0.3, 0.4) is 0 Å². The van der Waals surface area contributed by atoms with E-state index in [1.807, 2.05) is 0 Å². The van der Waals surface area contributed by atoms with Crippen molar-refractivity contribution in [1.82, 2.24) is 14.8 Å². The first-order valence-corrected chi connectivity index (χ1v) is 10.1. The standard InChI is InChI=1S/C22H19FN4O5/c23-16-11-13(28)1-2-17(16)27-10-4-18(26-27)25-20(30)21(31)5-7-22(8-6-21)15-12-24-9-3-14(15)19(29)32-22/h1-4,9-12,28,31H,5-8H2,(H,25,26,30). The Hall–Kier alpha value is -3.79. The van der Waals surface area contributed by atoms with Gasteiger partial charge in [-0.3, -0.25) is 9.78 Å². The Morgan fingerprint density at radius 3 is 2.72 bits per heavy atom. The lowest BCUT2D eigenvalue weighted by Crippen LogP contribution is -2.49. The highest BCUT2D eigenvalue weighted by atomic mass is 19.1. The molecule has 3 aromatic rings. The zero-order chi connectivity index (χ0) is 22.5. The van der Waals surface area contributed by atoms with Crippen LogP contribution >= 0.6 is 0 Å². The molecule has 3 N–H and O–H groups in total. The number of carbonyl (C=O) groups excluding carboxylic acids is 2. The number of anilines is 1. The molecule has 2 aromatic heterocycles. The van der Waals surface area contributed by atoms with Crippen molar-refractivity contribution in [1.29, 1.82) is 0 Å². The van der Waals surface area contributed by atoms with E-state index in [9.17, 15) is 24.2 Å². The van der Waals surface area contributed by atoms with E-state index in [-0.39, 0.29) is 42.9 Å². The lowest BCUT2D eigenvalue weighted by atomic mass is 9.73. The first kappa shape index (κ1) is 20.1. The van der Waals surface area contributed by atoms with Crippen LogP contribution in [-0.4, -0.2) is 42.5 Å². The minimum Gasteiger partial charge on any atom is -0.508 e. The van der Waals surface area contributed by atoms with Crippen LogP contribution in [0.1, 0.15) is 41.6 Å². The van der Waals surface area contributed by atoms with Gasteiger partial charge in [-0.2, -0.15) is 0 Å². The van der Waals surface area contributed by atoms with Gasteiger partial charge in [0.25, 0.3) is 5.91 Å². The van der Waals surface area contributed by atoms with Crippen LogP contribution in [0.15, 0.2) is 48.9 Å². The second kappa shape index (κ2) is 7.13. The summed E-state index contributed by atoms with van der Waals surface area (Å²) in [6.07, 6.45) is 5.27. The Bertz CT molecular complexity index is 1230. The number of aromatic nitrogens is 3. The predicted molar refractivity (Wildman–Crippen MR) is 109 cm³/mol. The molecule has 1 spiro atoms. The summed E-state index contributed by atoms with van der Waals surface area (Å²) in [4.78, 5) is 29.1. The second-order valence-electron chi connectivity index (χ2n) is 8.07. The van der Waals surface area contributed by atoms with E-state index >= 15 is 0 Å². The van der Waals surface area contributed by atoms with E-state index in [0.717, 1.165) is 6.07 Å². The number of carbonyl (C=O) groups is 2. The number of aromatic hydroxyl groups is 1. The Balaban J connectivity index is 1.29. The van der Waals surface area contributed by atoms with Crippen LogP contribution in [0.25, 0.3) is 5.69 Å². The number of ether oxygens (including phenoxy) is 1. The third-order valence-electron chi connectivity index (χ3n) is 6.14. The molecule has 0 unspecified atom stereocenters. The average molecular weight is 438 g/mol. The molecule has 10 heteroatoms. The monoisotopic (exact) mass is 438 g/mol. The summed E-state index contributed by atoms with van der Waals surface area (Å²) in [6.45, 7) is 0. The molecule has 1 amide bonds. The van der Waals surface area contributed by atoms with Gasteiger partial charge < -0.3 is 20.3 Å². The number of benzene rings is 1. The Morgan fingerprint density at radius 2 is 1.97 bits per heavy atom. The average Bonchev–Trinajstić information content (AvgIpc) is 3.34. The molecule has 1 fully saturated rings. The first-order valence-electron chi connectivity index (χ1n) is 10.1. The number of esters is 1. The molecule has 0 atom stereocenters. The molecule has 1 saturated carbocycles. The number of nitrogens with zero attached hydrogens (tertiary/aromatic N) is 3. The van der Waals surface area contributed by atoms with Gasteiger partial charge in [0, 0.05) is 36.3 Å². The van der Waals surface area contributed by atoms with Crippen molar-refractivity contribution < 1.29 is 28.9 Å². The molecular formula is C22H19FN4O5. The summed E-state index contributed by atoms with van der Waals surface area (Å²) in [7, 11) is 0. The summed E-state index contributed by atoms with van der Waals surface area (Å²) in [5, 5.41) is 27.0. The highest BCUT2D eigenvalue weighted by Gasteiger charge is 2.53. The number of amides is 1. The van der Waals surface area contributed by atoms with Crippen LogP contribution in [0, 0.1) is 5.82 Å². The maximum atomic E-state index is 14.0. The minimum atomic E-state index is -1.67. The smallest absolute Gasteiger partial charge is 0.339 e. The number of nitrogens with one attached hydrogen (secondary N) is 1. The van der Waals surface area contributed by atoms with Crippen molar-refractivity contribution in [3.05, 3.63) is 65.9 Å². The predicted octanol–water partition coefficient (Wildman–Crippen LogP) is 2.42. The largest absolute Gasteiger partial charge is 0.508 e. The third-order valence-corrected chi connectivity index (χ3v) is 6.14. The number of hydrogen-bond donors (Lipinski definition) is 3. The molecule has 2 aliphatic rings. The molecule has 9 nitrogen and oxygen atoms in total. The second-order valence-corrected chi connectivity index (χ2v) is 8.07. The van der Waals surface area contributed by atoms with Gasteiger partial charge in [0.2, 0.25) is 0 Å². The summed E-state index contributed by atoms with van der Waals surface area (Å²) in [6, 6.07) is 6.71. The zero-order valence-corrected chi connectivity index (χ0v) is 16.8. The number of aliphatic hydroxyl groups is 1. The normalized spacial score (nSPS) is 24.2. The molecule has 5 rings (SSSR count). The maximum absolute atomic E-state index is 14.0. The number of phenols is 1. The van der Waals surface area contributed by atoms with Gasteiger partial charge >= 0.3 is 5.97 Å². The fourth-order valence-electron chi connectivity index (χ4n) is 4.33. The van der Waals surface area contributed by atoms with Gasteiger partial charge in [-0.05, 0) is 43.9 Å². The Labute approximate surface area is 181 Å². The van der Waals surface area contributed by atoms with Gasteiger partial charge in [-0.1, -0.05) is 0 Å². The zero-order valence-electron chi connectivity index (χ0n) is 16.8. The number of pyridine rings is 1. The van der Waals surface area contributed by atoms with Crippen molar-refractivity contribution in [2.45, 2.75) is 36.9 Å². The maximum Gasteiger partial charge on any atom is 0.339 e. The van der Waals surface area contributed by atoms with Crippen LogP contribution in [0.4, 0.5) is 10.2 Å². The summed E-state index contributed by atoms with van der Waals surface area (Å²) in [5.41, 5.74) is -1.32. The van der Waals surface area contributed by atoms with E-state index < -0.39 is 28.9 Å².